The van der Waals surface area contributed by atoms with Crippen LogP contribution in [-0.4, -0.2) is 33.2 Å². The van der Waals surface area contributed by atoms with Crippen LogP contribution in [0.1, 0.15) is 15.2 Å². The minimum Gasteiger partial charge on any atom is -0.493 e. The number of carbonyl (C=O) groups is 2. The zero-order valence-electron chi connectivity index (χ0n) is 13.3. The van der Waals surface area contributed by atoms with Gasteiger partial charge >= 0.3 is 5.97 Å². The second-order valence-electron chi connectivity index (χ2n) is 4.68. The largest absolute Gasteiger partial charge is 0.493 e. The molecular formula is C16H16BrNO5S. The number of hydrogen-bond donors (Lipinski definition) is 1. The number of esters is 1. The highest BCUT2D eigenvalue weighted by atomic mass is 79.9. The Hall–Kier alpha value is -2.06. The minimum absolute atomic E-state index is 0.109. The van der Waals surface area contributed by atoms with E-state index in [1.807, 2.05) is 0 Å². The van der Waals surface area contributed by atoms with Gasteiger partial charge in [0.25, 0.3) is 0 Å². The van der Waals surface area contributed by atoms with E-state index in [-0.39, 0.29) is 12.3 Å². The average molecular weight is 414 g/mol. The Bertz CT molecular complexity index is 759. The summed E-state index contributed by atoms with van der Waals surface area (Å²) < 4.78 is 15.9. The number of nitrogens with one attached hydrogen (secondary N) is 1. The molecule has 0 saturated heterocycles. The van der Waals surface area contributed by atoms with Crippen LogP contribution in [0.5, 0.6) is 11.5 Å². The van der Waals surface area contributed by atoms with Crippen molar-refractivity contribution in [2.75, 3.05) is 26.6 Å². The van der Waals surface area contributed by atoms with E-state index >= 15 is 0 Å². The fourth-order valence-electron chi connectivity index (χ4n) is 2.06. The molecule has 128 valence electrons. The van der Waals surface area contributed by atoms with Crippen molar-refractivity contribution in [3.05, 3.63) is 38.5 Å². The van der Waals surface area contributed by atoms with Crippen molar-refractivity contribution < 1.29 is 23.8 Å². The van der Waals surface area contributed by atoms with Crippen LogP contribution in [-0.2, 0) is 16.0 Å². The molecule has 0 aliphatic heterocycles. The molecule has 1 aromatic heterocycles. The van der Waals surface area contributed by atoms with E-state index in [9.17, 15) is 9.59 Å². The highest BCUT2D eigenvalue weighted by Gasteiger charge is 2.17. The van der Waals surface area contributed by atoms with E-state index in [0.29, 0.717) is 22.1 Å². The molecule has 0 saturated carbocycles. The Balaban J connectivity index is 2.16. The van der Waals surface area contributed by atoms with Gasteiger partial charge < -0.3 is 19.5 Å². The summed E-state index contributed by atoms with van der Waals surface area (Å²) in [5.41, 5.74) is 1.17. The van der Waals surface area contributed by atoms with Gasteiger partial charge in [0, 0.05) is 4.47 Å². The minimum atomic E-state index is -0.479. The molecule has 0 aliphatic carbocycles. The molecule has 0 aliphatic rings. The summed E-state index contributed by atoms with van der Waals surface area (Å²) in [6, 6.07) is 5.14. The van der Waals surface area contributed by atoms with Gasteiger partial charge in [-0.2, -0.15) is 0 Å². The van der Waals surface area contributed by atoms with Gasteiger partial charge in [0.1, 0.15) is 4.88 Å². The van der Waals surface area contributed by atoms with Crippen molar-refractivity contribution in [2.45, 2.75) is 6.42 Å². The van der Waals surface area contributed by atoms with Crippen molar-refractivity contribution in [2.24, 2.45) is 0 Å². The van der Waals surface area contributed by atoms with E-state index in [2.05, 4.69) is 21.2 Å². The van der Waals surface area contributed by atoms with Gasteiger partial charge in [0.2, 0.25) is 5.91 Å². The quantitative estimate of drug-likeness (QED) is 0.733. The number of benzene rings is 1. The standard InChI is InChI=1S/C16H16BrNO5S/c1-21-12-6-9(10(17)8-13(12)22-2)7-14(19)18-11-4-5-24-15(11)16(20)23-3/h4-6,8H,7H2,1-3H3,(H,18,19). The van der Waals surface area contributed by atoms with Crippen LogP contribution in [0.25, 0.3) is 0 Å². The lowest BCUT2D eigenvalue weighted by Gasteiger charge is -2.12. The van der Waals surface area contributed by atoms with Gasteiger partial charge in [-0.3, -0.25) is 4.79 Å². The van der Waals surface area contributed by atoms with E-state index in [4.69, 9.17) is 14.2 Å². The summed E-state index contributed by atoms with van der Waals surface area (Å²) in [7, 11) is 4.37. The molecular weight excluding hydrogens is 398 g/mol. The lowest BCUT2D eigenvalue weighted by molar-refractivity contribution is -0.115. The second-order valence-corrected chi connectivity index (χ2v) is 6.45. The Morgan fingerprint density at radius 3 is 2.46 bits per heavy atom. The third kappa shape index (κ3) is 4.07. The van der Waals surface area contributed by atoms with Crippen molar-refractivity contribution in [3.8, 4) is 11.5 Å². The molecule has 2 rings (SSSR count). The number of thiophene rings is 1. The molecule has 1 heterocycles. The summed E-state index contributed by atoms with van der Waals surface area (Å²) >= 11 is 4.63. The SMILES string of the molecule is COC(=O)c1sccc1NC(=O)Cc1cc(OC)c(OC)cc1Br. The first-order valence-electron chi connectivity index (χ1n) is 6.86. The Morgan fingerprint density at radius 1 is 1.17 bits per heavy atom. The Kier molecular flexibility index (Phi) is 6.22. The number of amides is 1. The van der Waals surface area contributed by atoms with Crippen LogP contribution in [0.3, 0.4) is 0 Å². The van der Waals surface area contributed by atoms with Crippen molar-refractivity contribution >= 4 is 44.8 Å². The third-order valence-electron chi connectivity index (χ3n) is 3.21. The van der Waals surface area contributed by atoms with Crippen LogP contribution in [0.15, 0.2) is 28.1 Å². The fraction of sp³-hybridized carbons (Fsp3) is 0.250. The molecule has 6 nitrogen and oxygen atoms in total. The number of hydrogen-bond acceptors (Lipinski definition) is 6. The van der Waals surface area contributed by atoms with Gasteiger partial charge in [0.05, 0.1) is 33.4 Å². The normalized spacial score (nSPS) is 10.2. The summed E-state index contributed by atoms with van der Waals surface area (Å²) in [4.78, 5) is 24.3. The number of halogens is 1. The molecule has 0 radical (unpaired) electrons. The third-order valence-corrected chi connectivity index (χ3v) is 4.85. The summed E-state index contributed by atoms with van der Waals surface area (Å²) in [6.45, 7) is 0. The smallest absolute Gasteiger partial charge is 0.350 e. The molecule has 1 aromatic carbocycles. The number of anilines is 1. The summed E-state index contributed by atoms with van der Waals surface area (Å²) in [6.07, 6.45) is 0.109. The predicted molar refractivity (Wildman–Crippen MR) is 95.2 cm³/mol. The van der Waals surface area contributed by atoms with Crippen LogP contribution in [0.4, 0.5) is 5.69 Å². The van der Waals surface area contributed by atoms with E-state index in [1.165, 1.54) is 25.6 Å². The van der Waals surface area contributed by atoms with Gasteiger partial charge in [-0.1, -0.05) is 15.9 Å². The average Bonchev–Trinajstić information content (AvgIpc) is 3.03. The maximum Gasteiger partial charge on any atom is 0.350 e. The monoisotopic (exact) mass is 413 g/mol. The zero-order valence-corrected chi connectivity index (χ0v) is 15.7. The second kappa shape index (κ2) is 8.16. The molecule has 0 spiro atoms. The van der Waals surface area contributed by atoms with Gasteiger partial charge in [-0.25, -0.2) is 4.79 Å². The molecule has 0 bridgehead atoms. The maximum atomic E-state index is 12.3. The molecule has 1 amide bonds. The maximum absolute atomic E-state index is 12.3. The van der Waals surface area contributed by atoms with Crippen molar-refractivity contribution in [1.29, 1.82) is 0 Å². The van der Waals surface area contributed by atoms with E-state index in [1.54, 1.807) is 30.7 Å². The van der Waals surface area contributed by atoms with Crippen molar-refractivity contribution in [1.82, 2.24) is 0 Å². The number of ether oxygens (including phenoxy) is 3. The molecule has 0 unspecified atom stereocenters. The van der Waals surface area contributed by atoms with Crippen LogP contribution in [0.2, 0.25) is 0 Å². The number of methoxy groups -OCH3 is 3. The van der Waals surface area contributed by atoms with Crippen LogP contribution in [0, 0.1) is 0 Å². The highest BCUT2D eigenvalue weighted by molar-refractivity contribution is 9.10. The summed E-state index contributed by atoms with van der Waals surface area (Å²) in [5, 5.41) is 4.44. The lowest BCUT2D eigenvalue weighted by Crippen LogP contribution is -2.16. The molecule has 0 fully saturated rings. The van der Waals surface area contributed by atoms with E-state index < -0.39 is 5.97 Å². The number of carbonyl (C=O) groups excluding carboxylic acids is 2. The Labute approximate surface area is 151 Å². The van der Waals surface area contributed by atoms with Crippen LogP contribution >= 0.6 is 27.3 Å². The lowest BCUT2D eigenvalue weighted by atomic mass is 10.1. The van der Waals surface area contributed by atoms with Crippen LogP contribution < -0.4 is 14.8 Å². The first-order valence-corrected chi connectivity index (χ1v) is 8.53. The van der Waals surface area contributed by atoms with E-state index in [0.717, 1.165) is 10.0 Å². The highest BCUT2D eigenvalue weighted by Crippen LogP contribution is 2.33. The number of rotatable bonds is 6. The molecule has 0 atom stereocenters. The topological polar surface area (TPSA) is 73.9 Å². The van der Waals surface area contributed by atoms with Gasteiger partial charge in [0.15, 0.2) is 11.5 Å². The first kappa shape index (κ1) is 18.3. The summed E-state index contributed by atoms with van der Waals surface area (Å²) in [5.74, 6) is 0.368. The molecule has 1 N–H and O–H groups in total. The van der Waals surface area contributed by atoms with Gasteiger partial charge in [-0.15, -0.1) is 11.3 Å². The zero-order chi connectivity index (χ0) is 17.7. The molecule has 8 heteroatoms. The molecule has 2 aromatic rings. The van der Waals surface area contributed by atoms with Crippen molar-refractivity contribution in [3.63, 3.8) is 0 Å². The van der Waals surface area contributed by atoms with Gasteiger partial charge in [-0.05, 0) is 29.1 Å². The first-order chi connectivity index (χ1) is 11.5. The Morgan fingerprint density at radius 2 is 1.83 bits per heavy atom. The molecule has 24 heavy (non-hydrogen) atoms. The predicted octanol–water partition coefficient (Wildman–Crippen LogP) is 3.50. The fourth-order valence-corrected chi connectivity index (χ4v) is 3.29.